The molecule has 0 amide bonds. The van der Waals surface area contributed by atoms with Crippen molar-refractivity contribution in [1.29, 1.82) is 0 Å². The first-order valence-electron chi connectivity index (χ1n) is 4.17. The van der Waals surface area contributed by atoms with Gasteiger partial charge in [0.2, 0.25) is 0 Å². The Morgan fingerprint density at radius 3 is 2.80 bits per heavy atom. The van der Waals surface area contributed by atoms with E-state index in [1.54, 1.807) is 0 Å². The van der Waals surface area contributed by atoms with Crippen molar-refractivity contribution in [3.63, 3.8) is 0 Å². The van der Waals surface area contributed by atoms with Crippen LogP contribution in [0.15, 0.2) is 5.03 Å². The first-order chi connectivity index (χ1) is 6.91. The van der Waals surface area contributed by atoms with Crippen LogP contribution in [0.25, 0.3) is 0 Å². The Balaban J connectivity index is 2.76. The van der Waals surface area contributed by atoms with E-state index in [1.165, 1.54) is 7.05 Å². The van der Waals surface area contributed by atoms with Crippen LogP contribution in [-0.4, -0.2) is 30.8 Å². The largest absolute Gasteiger partial charge is 0.462 e. The molecule has 0 saturated carbocycles. The molecule has 0 spiro atoms. The molecule has 1 aliphatic heterocycles. The number of sulfonamides is 1. The van der Waals surface area contributed by atoms with E-state index in [1.807, 2.05) is 0 Å². The van der Waals surface area contributed by atoms with Crippen LogP contribution in [0, 0.1) is 0 Å². The van der Waals surface area contributed by atoms with Gasteiger partial charge in [0.15, 0.2) is 5.03 Å². The van der Waals surface area contributed by atoms with Gasteiger partial charge in [0.25, 0.3) is 10.0 Å². The Labute approximate surface area is 85.9 Å². The maximum Gasteiger partial charge on any atom is 0.343 e. The number of nitrogens with zero attached hydrogens (tertiary/aromatic N) is 2. The van der Waals surface area contributed by atoms with Crippen LogP contribution >= 0.6 is 0 Å². The van der Waals surface area contributed by atoms with Crippen LogP contribution in [0.2, 0.25) is 0 Å². The zero-order valence-corrected chi connectivity index (χ0v) is 8.74. The summed E-state index contributed by atoms with van der Waals surface area (Å²) in [7, 11) is -2.54. The topological polar surface area (TPSA) is 104 Å². The number of hydrogen-bond acceptors (Lipinski definition) is 5. The highest BCUT2D eigenvalue weighted by atomic mass is 32.2. The Morgan fingerprint density at radius 2 is 2.20 bits per heavy atom. The first-order valence-corrected chi connectivity index (χ1v) is 5.71. The van der Waals surface area contributed by atoms with Crippen molar-refractivity contribution >= 4 is 16.0 Å². The quantitative estimate of drug-likeness (QED) is 0.610. The lowest BCUT2D eigenvalue weighted by atomic mass is 10.2. The van der Waals surface area contributed by atoms with Crippen molar-refractivity contribution in [3.05, 3.63) is 11.3 Å². The molecule has 8 heteroatoms. The van der Waals surface area contributed by atoms with Gasteiger partial charge >= 0.3 is 5.97 Å². The number of aromatic nitrogens is 2. The summed E-state index contributed by atoms with van der Waals surface area (Å²) in [6, 6.07) is 0. The van der Waals surface area contributed by atoms with Crippen molar-refractivity contribution in [1.82, 2.24) is 9.78 Å². The second kappa shape index (κ2) is 3.04. The Morgan fingerprint density at radius 1 is 1.53 bits per heavy atom. The highest BCUT2D eigenvalue weighted by Crippen LogP contribution is 2.22. The second-order valence-corrected chi connectivity index (χ2v) is 4.66. The number of esters is 1. The minimum Gasteiger partial charge on any atom is -0.462 e. The summed E-state index contributed by atoms with van der Waals surface area (Å²) in [5, 5.41) is 8.63. The van der Waals surface area contributed by atoms with Crippen LogP contribution < -0.4 is 5.14 Å². The van der Waals surface area contributed by atoms with Gasteiger partial charge in [-0.25, -0.2) is 18.4 Å². The number of carbonyl (C=O) groups is 1. The molecule has 2 rings (SSSR count). The predicted molar refractivity (Wildman–Crippen MR) is 48.6 cm³/mol. The molecule has 0 radical (unpaired) electrons. The molecule has 2 heterocycles. The molecule has 1 aromatic heterocycles. The molecule has 15 heavy (non-hydrogen) atoms. The number of ether oxygens (including phenoxy) is 1. The predicted octanol–water partition coefficient (Wildman–Crippen LogP) is -1.22. The van der Waals surface area contributed by atoms with Gasteiger partial charge in [-0.3, -0.25) is 4.68 Å². The van der Waals surface area contributed by atoms with Gasteiger partial charge in [-0.1, -0.05) is 0 Å². The lowest BCUT2D eigenvalue weighted by Crippen LogP contribution is -2.22. The molecule has 2 N–H and O–H groups in total. The summed E-state index contributed by atoms with van der Waals surface area (Å²) >= 11 is 0. The molecule has 0 aromatic carbocycles. The standard InChI is InChI=1S/C7H9N3O4S/c1-10-6(15(8,12)13)5-4(9-10)2-3-14-7(5)11/h2-3H2,1H3,(H2,8,12,13). The molecule has 1 aliphatic rings. The lowest BCUT2D eigenvalue weighted by molar-refractivity contribution is 0.0474. The number of nitrogens with two attached hydrogens (primary N) is 1. The van der Waals surface area contributed by atoms with Crippen molar-refractivity contribution in [3.8, 4) is 0 Å². The number of carbonyl (C=O) groups excluding carboxylic acids is 1. The lowest BCUT2D eigenvalue weighted by Gasteiger charge is -2.10. The van der Waals surface area contributed by atoms with Gasteiger partial charge in [-0.05, 0) is 0 Å². The van der Waals surface area contributed by atoms with Crippen LogP contribution in [-0.2, 0) is 28.2 Å². The van der Waals surface area contributed by atoms with Gasteiger partial charge in [0.1, 0.15) is 5.56 Å². The molecule has 0 atom stereocenters. The SMILES string of the molecule is Cn1nc2c(c1S(N)(=O)=O)C(=O)OCC2. The van der Waals surface area contributed by atoms with E-state index in [0.29, 0.717) is 12.1 Å². The number of cyclic esters (lactones) is 1. The number of hydrogen-bond donors (Lipinski definition) is 1. The van der Waals surface area contributed by atoms with Crippen molar-refractivity contribution < 1.29 is 17.9 Å². The number of rotatable bonds is 1. The summed E-state index contributed by atoms with van der Waals surface area (Å²) in [5.74, 6) is -0.687. The summed E-state index contributed by atoms with van der Waals surface area (Å²) in [5.41, 5.74) is 0.379. The first kappa shape index (κ1) is 10.1. The number of aryl methyl sites for hydroxylation is 1. The summed E-state index contributed by atoms with van der Waals surface area (Å²) in [6.45, 7) is 0.215. The fraction of sp³-hybridized carbons (Fsp3) is 0.429. The van der Waals surface area contributed by atoms with E-state index in [2.05, 4.69) is 5.10 Å². The maximum absolute atomic E-state index is 11.4. The Kier molecular flexibility index (Phi) is 2.05. The van der Waals surface area contributed by atoms with E-state index < -0.39 is 16.0 Å². The summed E-state index contributed by atoms with van der Waals surface area (Å²) in [6.07, 6.45) is 0.407. The second-order valence-electron chi connectivity index (χ2n) is 3.18. The van der Waals surface area contributed by atoms with Crippen LogP contribution in [0.3, 0.4) is 0 Å². The van der Waals surface area contributed by atoms with E-state index in [-0.39, 0.29) is 17.2 Å². The third-order valence-corrected chi connectivity index (χ3v) is 3.12. The zero-order valence-electron chi connectivity index (χ0n) is 7.93. The number of fused-ring (bicyclic) bond motifs is 1. The molecule has 0 aliphatic carbocycles. The third-order valence-electron chi connectivity index (χ3n) is 2.11. The van der Waals surface area contributed by atoms with Gasteiger partial charge in [0.05, 0.1) is 12.3 Å². The molecule has 82 valence electrons. The van der Waals surface area contributed by atoms with Crippen molar-refractivity contribution in [2.75, 3.05) is 6.61 Å². The van der Waals surface area contributed by atoms with E-state index >= 15 is 0 Å². The van der Waals surface area contributed by atoms with Gasteiger partial charge < -0.3 is 4.74 Å². The van der Waals surface area contributed by atoms with E-state index in [0.717, 1.165) is 4.68 Å². The van der Waals surface area contributed by atoms with Crippen LogP contribution in [0.4, 0.5) is 0 Å². The molecule has 7 nitrogen and oxygen atoms in total. The monoisotopic (exact) mass is 231 g/mol. The maximum atomic E-state index is 11.4. The average Bonchev–Trinajstić information content (AvgIpc) is 2.41. The average molecular weight is 231 g/mol. The smallest absolute Gasteiger partial charge is 0.343 e. The highest BCUT2D eigenvalue weighted by Gasteiger charge is 2.32. The number of primary sulfonamides is 1. The molecule has 0 bridgehead atoms. The van der Waals surface area contributed by atoms with E-state index in [4.69, 9.17) is 9.88 Å². The third kappa shape index (κ3) is 1.51. The highest BCUT2D eigenvalue weighted by molar-refractivity contribution is 7.89. The van der Waals surface area contributed by atoms with E-state index in [9.17, 15) is 13.2 Å². The fourth-order valence-corrected chi connectivity index (χ4v) is 2.48. The molecular weight excluding hydrogens is 222 g/mol. The van der Waals surface area contributed by atoms with Gasteiger partial charge in [0, 0.05) is 13.5 Å². The minimum absolute atomic E-state index is 0.0359. The normalized spacial score (nSPS) is 16.0. The van der Waals surface area contributed by atoms with Gasteiger partial charge in [-0.15, -0.1) is 0 Å². The Bertz CT molecular complexity index is 531. The fourth-order valence-electron chi connectivity index (χ4n) is 1.58. The molecule has 0 saturated heterocycles. The van der Waals surface area contributed by atoms with Crippen LogP contribution in [0.5, 0.6) is 0 Å². The summed E-state index contributed by atoms with van der Waals surface area (Å²) in [4.78, 5) is 11.4. The van der Waals surface area contributed by atoms with Crippen LogP contribution in [0.1, 0.15) is 16.1 Å². The minimum atomic E-state index is -3.96. The summed E-state index contributed by atoms with van der Waals surface area (Å²) < 4.78 is 28.3. The van der Waals surface area contributed by atoms with Gasteiger partial charge in [-0.2, -0.15) is 5.10 Å². The molecule has 0 fully saturated rings. The molecular formula is C7H9N3O4S. The molecule has 0 unspecified atom stereocenters. The molecule has 1 aromatic rings. The zero-order chi connectivity index (χ0) is 11.2. The van der Waals surface area contributed by atoms with Crippen molar-refractivity contribution in [2.45, 2.75) is 11.4 Å². The van der Waals surface area contributed by atoms with Crippen molar-refractivity contribution in [2.24, 2.45) is 12.2 Å². The Hall–Kier alpha value is -1.41.